The van der Waals surface area contributed by atoms with Crippen LogP contribution in [0.4, 0.5) is 0 Å². The van der Waals surface area contributed by atoms with Crippen LogP contribution in [0.15, 0.2) is 24.3 Å². The van der Waals surface area contributed by atoms with E-state index in [1.54, 1.807) is 0 Å². The van der Waals surface area contributed by atoms with Gasteiger partial charge in [-0.2, -0.15) is 0 Å². The number of carbonyl (C=O) groups excluding carboxylic acids is 1. The quantitative estimate of drug-likeness (QED) is 0.862. The minimum Gasteiger partial charge on any atom is -0.373 e. The predicted molar refractivity (Wildman–Crippen MR) is 94.6 cm³/mol. The molecule has 5 nitrogen and oxygen atoms in total. The highest BCUT2D eigenvalue weighted by atomic mass is 16.5. The van der Waals surface area contributed by atoms with E-state index < -0.39 is 0 Å². The fraction of sp³-hybridized carbons (Fsp3) is 0.632. The molecule has 2 N–H and O–H groups in total. The van der Waals surface area contributed by atoms with Gasteiger partial charge in [0.05, 0.1) is 18.2 Å². The van der Waals surface area contributed by atoms with Crippen molar-refractivity contribution in [2.75, 3.05) is 19.6 Å². The molecule has 0 saturated carbocycles. The summed E-state index contributed by atoms with van der Waals surface area (Å²) in [5.41, 5.74) is 2.49. The molecule has 2 fully saturated rings. The summed E-state index contributed by atoms with van der Waals surface area (Å²) in [6.07, 6.45) is 2.57. The average Bonchev–Trinajstić information content (AvgIpc) is 3.07. The first kappa shape index (κ1) is 17.4. The number of hydrogen-bond donors (Lipinski definition) is 2. The highest BCUT2D eigenvalue weighted by Crippen LogP contribution is 2.17. The maximum Gasteiger partial charge on any atom is 0.237 e. The lowest BCUT2D eigenvalue weighted by molar-refractivity contribution is -0.122. The minimum atomic E-state index is -0.0156. The fourth-order valence-electron chi connectivity index (χ4n) is 3.75. The Morgan fingerprint density at radius 3 is 2.62 bits per heavy atom. The van der Waals surface area contributed by atoms with Gasteiger partial charge in [-0.1, -0.05) is 24.3 Å². The maximum absolute atomic E-state index is 12.2. The summed E-state index contributed by atoms with van der Waals surface area (Å²) in [5, 5.41) is 6.34. The standard InChI is InChI=1S/C19H29N3O2/c1-14-11-22(12-15(2)24-14)13-17-7-4-3-6-16(17)10-21-19(23)18-8-5-9-20-18/h3-4,6-7,14-15,18,20H,5,8-13H2,1-2H3,(H,21,23)/t14-,15+,18-/m0/s1. The fourth-order valence-corrected chi connectivity index (χ4v) is 3.75. The van der Waals surface area contributed by atoms with Crippen molar-refractivity contribution in [3.05, 3.63) is 35.4 Å². The smallest absolute Gasteiger partial charge is 0.237 e. The molecule has 2 saturated heterocycles. The van der Waals surface area contributed by atoms with Gasteiger partial charge in [0.1, 0.15) is 0 Å². The highest BCUT2D eigenvalue weighted by molar-refractivity contribution is 5.82. The van der Waals surface area contributed by atoms with Crippen LogP contribution < -0.4 is 10.6 Å². The molecule has 3 atom stereocenters. The van der Waals surface area contributed by atoms with Gasteiger partial charge in [-0.05, 0) is 44.4 Å². The molecule has 24 heavy (non-hydrogen) atoms. The van der Waals surface area contributed by atoms with Crippen LogP contribution in [0.2, 0.25) is 0 Å². The molecule has 5 heteroatoms. The van der Waals surface area contributed by atoms with Crippen molar-refractivity contribution < 1.29 is 9.53 Å². The number of ether oxygens (including phenoxy) is 1. The summed E-state index contributed by atoms with van der Waals surface area (Å²) in [7, 11) is 0. The summed E-state index contributed by atoms with van der Waals surface area (Å²) in [6.45, 7) is 8.62. The molecule has 1 aromatic carbocycles. The molecular formula is C19H29N3O2. The van der Waals surface area contributed by atoms with Crippen LogP contribution in [0.5, 0.6) is 0 Å². The Labute approximate surface area is 144 Å². The topological polar surface area (TPSA) is 53.6 Å². The van der Waals surface area contributed by atoms with Gasteiger partial charge < -0.3 is 15.4 Å². The van der Waals surface area contributed by atoms with Gasteiger partial charge in [0.15, 0.2) is 0 Å². The van der Waals surface area contributed by atoms with Crippen LogP contribution in [-0.4, -0.2) is 48.7 Å². The summed E-state index contributed by atoms with van der Waals surface area (Å²) in [6, 6.07) is 8.39. The second kappa shape index (κ2) is 8.10. The number of nitrogens with one attached hydrogen (secondary N) is 2. The van der Waals surface area contributed by atoms with Gasteiger partial charge in [0.25, 0.3) is 0 Å². The monoisotopic (exact) mass is 331 g/mol. The third-order valence-electron chi connectivity index (χ3n) is 4.84. The van der Waals surface area contributed by atoms with E-state index >= 15 is 0 Å². The zero-order valence-corrected chi connectivity index (χ0v) is 14.8. The van der Waals surface area contributed by atoms with Crippen LogP contribution in [0.3, 0.4) is 0 Å². The Kier molecular flexibility index (Phi) is 5.87. The second-order valence-electron chi connectivity index (χ2n) is 7.09. The van der Waals surface area contributed by atoms with Crippen LogP contribution in [0, 0.1) is 0 Å². The Morgan fingerprint density at radius 2 is 1.96 bits per heavy atom. The zero-order valence-electron chi connectivity index (χ0n) is 14.8. The van der Waals surface area contributed by atoms with Gasteiger partial charge in [0.2, 0.25) is 5.91 Å². The van der Waals surface area contributed by atoms with E-state index in [1.165, 1.54) is 11.1 Å². The lowest BCUT2D eigenvalue weighted by Gasteiger charge is -2.35. The molecule has 2 heterocycles. The maximum atomic E-state index is 12.2. The normalized spacial score (nSPS) is 28.0. The van der Waals surface area contributed by atoms with Crippen LogP contribution >= 0.6 is 0 Å². The van der Waals surface area contributed by atoms with Gasteiger partial charge in [-0.25, -0.2) is 0 Å². The third kappa shape index (κ3) is 4.56. The minimum absolute atomic E-state index is 0.0156. The molecule has 1 aromatic rings. The molecule has 3 rings (SSSR count). The van der Waals surface area contributed by atoms with Gasteiger partial charge in [0, 0.05) is 26.2 Å². The summed E-state index contributed by atoms with van der Waals surface area (Å²) in [5.74, 6) is 0.121. The van der Waals surface area contributed by atoms with Crippen molar-refractivity contribution in [3.8, 4) is 0 Å². The van der Waals surface area contributed by atoms with Crippen molar-refractivity contribution in [3.63, 3.8) is 0 Å². The van der Waals surface area contributed by atoms with Crippen molar-refractivity contribution in [1.29, 1.82) is 0 Å². The van der Waals surface area contributed by atoms with E-state index in [0.717, 1.165) is 39.0 Å². The van der Waals surface area contributed by atoms with Crippen molar-refractivity contribution in [2.45, 2.75) is 58.0 Å². The van der Waals surface area contributed by atoms with Crippen LogP contribution in [0.25, 0.3) is 0 Å². The molecule has 0 unspecified atom stereocenters. The molecule has 2 aliphatic rings. The Balaban J connectivity index is 1.59. The average molecular weight is 331 g/mol. The number of hydrogen-bond acceptors (Lipinski definition) is 4. The van der Waals surface area contributed by atoms with E-state index in [0.29, 0.717) is 6.54 Å². The van der Waals surface area contributed by atoms with E-state index in [9.17, 15) is 4.79 Å². The highest BCUT2D eigenvalue weighted by Gasteiger charge is 2.24. The number of benzene rings is 1. The van der Waals surface area contributed by atoms with E-state index in [4.69, 9.17) is 4.74 Å². The number of morpholine rings is 1. The summed E-state index contributed by atoms with van der Waals surface area (Å²) >= 11 is 0. The molecule has 0 bridgehead atoms. The van der Waals surface area contributed by atoms with Gasteiger partial charge in [-0.3, -0.25) is 9.69 Å². The van der Waals surface area contributed by atoms with Gasteiger partial charge in [-0.15, -0.1) is 0 Å². The molecule has 0 radical (unpaired) electrons. The van der Waals surface area contributed by atoms with E-state index in [-0.39, 0.29) is 24.2 Å². The Hall–Kier alpha value is -1.43. The van der Waals surface area contributed by atoms with Crippen LogP contribution in [0.1, 0.15) is 37.8 Å². The lowest BCUT2D eigenvalue weighted by atomic mass is 10.1. The molecule has 0 aromatic heterocycles. The number of carbonyl (C=O) groups is 1. The van der Waals surface area contributed by atoms with E-state index in [1.807, 2.05) is 6.07 Å². The first-order valence-electron chi connectivity index (χ1n) is 9.07. The van der Waals surface area contributed by atoms with Crippen molar-refractivity contribution in [1.82, 2.24) is 15.5 Å². The number of amides is 1. The largest absolute Gasteiger partial charge is 0.373 e. The number of rotatable bonds is 5. The van der Waals surface area contributed by atoms with Crippen molar-refractivity contribution in [2.24, 2.45) is 0 Å². The molecule has 1 amide bonds. The molecule has 0 aliphatic carbocycles. The lowest BCUT2D eigenvalue weighted by Crippen LogP contribution is -2.45. The predicted octanol–water partition coefficient (Wildman–Crippen LogP) is 1.66. The molecular weight excluding hydrogens is 302 g/mol. The molecule has 2 aliphatic heterocycles. The van der Waals surface area contributed by atoms with Crippen LogP contribution in [-0.2, 0) is 22.6 Å². The van der Waals surface area contributed by atoms with E-state index in [2.05, 4.69) is 47.6 Å². The number of nitrogens with zero attached hydrogens (tertiary/aromatic N) is 1. The van der Waals surface area contributed by atoms with Gasteiger partial charge >= 0.3 is 0 Å². The SMILES string of the molecule is C[C@@H]1CN(Cc2ccccc2CNC(=O)[C@@H]2CCCN2)C[C@H](C)O1. The first-order chi connectivity index (χ1) is 11.6. The van der Waals surface area contributed by atoms with Crippen molar-refractivity contribution >= 4 is 5.91 Å². The Bertz CT molecular complexity index is 547. The zero-order chi connectivity index (χ0) is 16.9. The first-order valence-corrected chi connectivity index (χ1v) is 9.07. The molecule has 132 valence electrons. The molecule has 0 spiro atoms. The third-order valence-corrected chi connectivity index (χ3v) is 4.84. The Morgan fingerprint density at radius 1 is 1.25 bits per heavy atom. The second-order valence-corrected chi connectivity index (χ2v) is 7.09. The summed E-state index contributed by atoms with van der Waals surface area (Å²) in [4.78, 5) is 14.6. The summed E-state index contributed by atoms with van der Waals surface area (Å²) < 4.78 is 5.81.